The number of thiazole rings is 1. The minimum atomic E-state index is -0.695. The Balaban J connectivity index is 1.90. The van der Waals surface area contributed by atoms with Crippen molar-refractivity contribution in [3.8, 4) is 0 Å². The smallest absolute Gasteiger partial charge is 0.191 e. The molecule has 1 aromatic rings. The van der Waals surface area contributed by atoms with Crippen LogP contribution in [0.3, 0.4) is 0 Å². The van der Waals surface area contributed by atoms with Crippen LogP contribution in [0.2, 0.25) is 0 Å². The Hall–Kier alpha value is -0.950. The molecule has 7 heteroatoms. The second-order valence-corrected chi connectivity index (χ2v) is 11.1. The van der Waals surface area contributed by atoms with Gasteiger partial charge in [-0.2, -0.15) is 0 Å². The Kier molecular flexibility index (Phi) is 8.73. The number of nitrogens with zero attached hydrogens (tertiary/aromatic N) is 2. The molecule has 27 heavy (non-hydrogen) atoms. The molecule has 0 amide bonds. The van der Waals surface area contributed by atoms with E-state index in [1.165, 1.54) is 0 Å². The average Bonchev–Trinajstić information content (AvgIpc) is 3.11. The molecule has 3 atom stereocenters. The normalized spacial score (nSPS) is 22.5. The lowest BCUT2D eigenvalue weighted by atomic mass is 9.93. The number of hydrogen-bond donors (Lipinski definition) is 2. The molecule has 2 N–H and O–H groups in total. The molecule has 0 radical (unpaired) electrons. The lowest BCUT2D eigenvalue weighted by Gasteiger charge is -2.30. The van der Waals surface area contributed by atoms with Crippen molar-refractivity contribution < 1.29 is 4.21 Å². The van der Waals surface area contributed by atoms with Crippen molar-refractivity contribution in [2.24, 2.45) is 4.99 Å². The SMILES string of the molecule is CCNC(=NCCc1nc(C(C)(C)C)cs1)NC1CCCC(S(=O)CC)C1. The Labute approximate surface area is 171 Å². The minimum Gasteiger partial charge on any atom is -0.357 e. The van der Waals surface area contributed by atoms with Gasteiger partial charge in [-0.1, -0.05) is 34.1 Å². The highest BCUT2D eigenvalue weighted by Gasteiger charge is 2.26. The zero-order valence-electron chi connectivity index (χ0n) is 17.5. The van der Waals surface area contributed by atoms with E-state index < -0.39 is 10.8 Å². The number of aromatic nitrogens is 1. The second kappa shape index (κ2) is 10.6. The van der Waals surface area contributed by atoms with E-state index in [0.717, 1.165) is 67.6 Å². The van der Waals surface area contributed by atoms with Gasteiger partial charge in [-0.15, -0.1) is 11.3 Å². The Morgan fingerprint density at radius 3 is 2.78 bits per heavy atom. The second-order valence-electron chi connectivity index (χ2n) is 8.19. The summed E-state index contributed by atoms with van der Waals surface area (Å²) in [6, 6.07) is 0.365. The van der Waals surface area contributed by atoms with Gasteiger partial charge in [0.15, 0.2) is 5.96 Å². The predicted octanol–water partition coefficient (Wildman–Crippen LogP) is 3.62. The summed E-state index contributed by atoms with van der Waals surface area (Å²) in [6.07, 6.45) is 5.20. The first-order chi connectivity index (χ1) is 12.8. The topological polar surface area (TPSA) is 66.4 Å². The molecule has 1 aliphatic rings. The first-order valence-electron chi connectivity index (χ1n) is 10.2. The van der Waals surface area contributed by atoms with Crippen molar-refractivity contribution in [3.63, 3.8) is 0 Å². The van der Waals surface area contributed by atoms with E-state index in [-0.39, 0.29) is 5.41 Å². The standard InChI is InChI=1S/C20H36N4OS2/c1-6-21-19(23-15-9-8-10-16(13-15)27(25)7-2)22-12-11-18-24-17(14-26-18)20(3,4)5/h14-16H,6-13H2,1-5H3,(H2,21,22,23). The van der Waals surface area contributed by atoms with Gasteiger partial charge in [0.05, 0.1) is 10.7 Å². The largest absolute Gasteiger partial charge is 0.357 e. The fourth-order valence-electron chi connectivity index (χ4n) is 3.30. The van der Waals surface area contributed by atoms with Crippen molar-refractivity contribution in [1.82, 2.24) is 15.6 Å². The molecule has 154 valence electrons. The van der Waals surface area contributed by atoms with Crippen molar-refractivity contribution >= 4 is 28.1 Å². The zero-order valence-corrected chi connectivity index (χ0v) is 19.1. The third kappa shape index (κ3) is 7.18. The lowest BCUT2D eigenvalue weighted by Crippen LogP contribution is -2.46. The molecule has 1 aliphatic carbocycles. The molecule has 3 unspecified atom stereocenters. The molecular formula is C20H36N4OS2. The van der Waals surface area contributed by atoms with E-state index in [4.69, 9.17) is 9.98 Å². The molecule has 1 saturated carbocycles. The third-order valence-corrected chi connectivity index (χ3v) is 7.53. The summed E-state index contributed by atoms with van der Waals surface area (Å²) in [6.45, 7) is 12.3. The van der Waals surface area contributed by atoms with E-state index in [1.54, 1.807) is 11.3 Å². The first-order valence-corrected chi connectivity index (χ1v) is 12.5. The van der Waals surface area contributed by atoms with Crippen LogP contribution in [-0.4, -0.2) is 45.3 Å². The molecular weight excluding hydrogens is 376 g/mol. The number of aliphatic imine (C=N–C) groups is 1. The molecule has 1 aromatic heterocycles. The van der Waals surface area contributed by atoms with Crippen molar-refractivity contribution in [1.29, 1.82) is 0 Å². The van der Waals surface area contributed by atoms with Crippen LogP contribution >= 0.6 is 11.3 Å². The Morgan fingerprint density at radius 2 is 2.15 bits per heavy atom. The van der Waals surface area contributed by atoms with Crippen LogP contribution in [0.25, 0.3) is 0 Å². The van der Waals surface area contributed by atoms with E-state index in [1.807, 2.05) is 6.92 Å². The first kappa shape index (κ1) is 22.3. The van der Waals surface area contributed by atoms with Crippen LogP contribution in [-0.2, 0) is 22.6 Å². The molecule has 2 rings (SSSR count). The van der Waals surface area contributed by atoms with Crippen LogP contribution in [0.1, 0.15) is 71.0 Å². The summed E-state index contributed by atoms with van der Waals surface area (Å²) in [5.41, 5.74) is 1.26. The van der Waals surface area contributed by atoms with Crippen molar-refractivity contribution in [2.75, 3.05) is 18.8 Å². The van der Waals surface area contributed by atoms with Gasteiger partial charge in [-0.25, -0.2) is 4.98 Å². The zero-order chi connectivity index (χ0) is 19.9. The average molecular weight is 413 g/mol. The molecule has 0 bridgehead atoms. The van der Waals surface area contributed by atoms with Gasteiger partial charge in [-0.05, 0) is 26.2 Å². The summed E-state index contributed by atoms with van der Waals surface area (Å²) in [5.74, 6) is 1.63. The molecule has 1 heterocycles. The van der Waals surface area contributed by atoms with E-state index >= 15 is 0 Å². The van der Waals surface area contributed by atoms with Gasteiger partial charge < -0.3 is 10.6 Å². The van der Waals surface area contributed by atoms with Gasteiger partial charge in [0.25, 0.3) is 0 Å². The maximum absolute atomic E-state index is 12.2. The van der Waals surface area contributed by atoms with Crippen molar-refractivity contribution in [2.45, 2.75) is 83.4 Å². The van der Waals surface area contributed by atoms with Gasteiger partial charge in [0.1, 0.15) is 0 Å². The van der Waals surface area contributed by atoms with E-state index in [2.05, 4.69) is 43.7 Å². The highest BCUT2D eigenvalue weighted by molar-refractivity contribution is 7.85. The van der Waals surface area contributed by atoms with Crippen LogP contribution in [0.4, 0.5) is 0 Å². The van der Waals surface area contributed by atoms with Gasteiger partial charge >= 0.3 is 0 Å². The van der Waals surface area contributed by atoms with Crippen LogP contribution < -0.4 is 10.6 Å². The highest BCUT2D eigenvalue weighted by Crippen LogP contribution is 2.24. The summed E-state index contributed by atoms with van der Waals surface area (Å²) in [7, 11) is -0.695. The molecule has 0 spiro atoms. The summed E-state index contributed by atoms with van der Waals surface area (Å²) < 4.78 is 12.2. The number of rotatable bonds is 7. The van der Waals surface area contributed by atoms with Crippen LogP contribution in [0.15, 0.2) is 10.4 Å². The highest BCUT2D eigenvalue weighted by atomic mass is 32.2. The fourth-order valence-corrected chi connectivity index (χ4v) is 5.66. The third-order valence-electron chi connectivity index (χ3n) is 4.88. The summed E-state index contributed by atoms with van der Waals surface area (Å²) in [5, 5.41) is 10.6. The fraction of sp³-hybridized carbons (Fsp3) is 0.800. The quantitative estimate of drug-likeness (QED) is 0.530. The molecule has 5 nitrogen and oxygen atoms in total. The van der Waals surface area contributed by atoms with Crippen LogP contribution in [0.5, 0.6) is 0 Å². The number of hydrogen-bond acceptors (Lipinski definition) is 4. The van der Waals surface area contributed by atoms with Gasteiger partial charge in [0.2, 0.25) is 0 Å². The monoisotopic (exact) mass is 412 g/mol. The number of nitrogens with one attached hydrogen (secondary N) is 2. The van der Waals surface area contributed by atoms with Crippen LogP contribution in [0, 0.1) is 0 Å². The Morgan fingerprint density at radius 1 is 1.37 bits per heavy atom. The maximum Gasteiger partial charge on any atom is 0.191 e. The molecule has 0 aliphatic heterocycles. The lowest BCUT2D eigenvalue weighted by molar-refractivity contribution is 0.413. The van der Waals surface area contributed by atoms with Crippen molar-refractivity contribution in [3.05, 3.63) is 16.1 Å². The molecule has 1 fully saturated rings. The number of guanidine groups is 1. The molecule has 0 saturated heterocycles. The van der Waals surface area contributed by atoms with E-state index in [0.29, 0.717) is 11.3 Å². The maximum atomic E-state index is 12.2. The molecule has 0 aromatic carbocycles. The van der Waals surface area contributed by atoms with Gasteiger partial charge in [-0.3, -0.25) is 9.20 Å². The summed E-state index contributed by atoms with van der Waals surface area (Å²) >= 11 is 1.73. The van der Waals surface area contributed by atoms with Gasteiger partial charge in [0, 0.05) is 58.1 Å². The predicted molar refractivity (Wildman–Crippen MR) is 118 cm³/mol. The minimum absolute atomic E-state index is 0.102. The summed E-state index contributed by atoms with van der Waals surface area (Å²) in [4.78, 5) is 9.50. The Bertz CT molecular complexity index is 636. The van der Waals surface area contributed by atoms with E-state index in [9.17, 15) is 4.21 Å².